The van der Waals surface area contributed by atoms with Crippen molar-refractivity contribution in [2.45, 2.75) is 53.1 Å². The van der Waals surface area contributed by atoms with Gasteiger partial charge < -0.3 is 15.1 Å². The second kappa shape index (κ2) is 10.9. The summed E-state index contributed by atoms with van der Waals surface area (Å²) in [4.78, 5) is 13.9. The van der Waals surface area contributed by atoms with Crippen LogP contribution >= 0.6 is 35.3 Å². The summed E-state index contributed by atoms with van der Waals surface area (Å²) in [5.41, 5.74) is 4.15. The number of aryl methyl sites for hydroxylation is 1. The lowest BCUT2D eigenvalue weighted by Gasteiger charge is -2.14. The molecule has 162 valence electrons. The van der Waals surface area contributed by atoms with Crippen LogP contribution in [-0.4, -0.2) is 22.5 Å². The Labute approximate surface area is 199 Å². The van der Waals surface area contributed by atoms with E-state index in [0.29, 0.717) is 19.0 Å². The van der Waals surface area contributed by atoms with Crippen LogP contribution < -0.4 is 10.6 Å². The Kier molecular flexibility index (Phi) is 8.84. The van der Waals surface area contributed by atoms with Gasteiger partial charge in [-0.05, 0) is 26.0 Å². The zero-order valence-electron chi connectivity index (χ0n) is 18.2. The van der Waals surface area contributed by atoms with Gasteiger partial charge in [-0.3, -0.25) is 0 Å². The van der Waals surface area contributed by atoms with Gasteiger partial charge >= 0.3 is 0 Å². The normalized spacial score (nSPS) is 11.8. The Morgan fingerprint density at radius 2 is 1.87 bits per heavy atom. The molecule has 2 aromatic heterocycles. The maximum atomic E-state index is 5.62. The third-order valence-corrected chi connectivity index (χ3v) is 5.17. The van der Waals surface area contributed by atoms with Crippen molar-refractivity contribution in [1.82, 2.24) is 20.6 Å². The minimum atomic E-state index is 0. The van der Waals surface area contributed by atoms with Crippen molar-refractivity contribution in [3.63, 3.8) is 0 Å². The van der Waals surface area contributed by atoms with Gasteiger partial charge in [-0.1, -0.05) is 38.5 Å². The molecular weight excluding hydrogens is 509 g/mol. The minimum Gasteiger partial charge on any atom is -0.444 e. The fraction of sp³-hybridized carbons (Fsp3) is 0.409. The van der Waals surface area contributed by atoms with Crippen molar-refractivity contribution in [3.05, 3.63) is 57.9 Å². The molecule has 0 radical (unpaired) electrons. The van der Waals surface area contributed by atoms with Crippen molar-refractivity contribution in [1.29, 1.82) is 0 Å². The summed E-state index contributed by atoms with van der Waals surface area (Å²) in [5.74, 6) is 1.35. The number of nitrogens with one attached hydrogen (secondary N) is 2. The number of hydrogen-bond donors (Lipinski definition) is 2. The Morgan fingerprint density at radius 1 is 1.13 bits per heavy atom. The first-order chi connectivity index (χ1) is 13.8. The summed E-state index contributed by atoms with van der Waals surface area (Å²) >= 11 is 1.67. The third-order valence-electron chi connectivity index (χ3n) is 4.32. The first kappa shape index (κ1) is 24.3. The molecule has 3 rings (SSSR count). The molecule has 3 aromatic rings. The van der Waals surface area contributed by atoms with Crippen molar-refractivity contribution in [3.8, 4) is 11.5 Å². The Hall–Kier alpha value is -1.94. The van der Waals surface area contributed by atoms with E-state index in [9.17, 15) is 0 Å². The topological polar surface area (TPSA) is 75.3 Å². The lowest BCUT2D eigenvalue weighted by Crippen LogP contribution is -2.36. The monoisotopic (exact) mass is 539 g/mol. The van der Waals surface area contributed by atoms with Gasteiger partial charge in [-0.15, -0.1) is 35.3 Å². The van der Waals surface area contributed by atoms with E-state index in [4.69, 9.17) is 9.40 Å². The van der Waals surface area contributed by atoms with Gasteiger partial charge in [-0.25, -0.2) is 15.0 Å². The van der Waals surface area contributed by atoms with Crippen LogP contribution in [0.4, 0.5) is 0 Å². The quantitative estimate of drug-likeness (QED) is 0.254. The second-order valence-corrected chi connectivity index (χ2v) is 8.88. The van der Waals surface area contributed by atoms with Gasteiger partial charge in [0.25, 0.3) is 0 Å². The van der Waals surface area contributed by atoms with Crippen LogP contribution in [-0.2, 0) is 18.5 Å². The van der Waals surface area contributed by atoms with Crippen LogP contribution in [0.1, 0.15) is 49.7 Å². The highest BCUT2D eigenvalue weighted by Crippen LogP contribution is 2.23. The van der Waals surface area contributed by atoms with Gasteiger partial charge in [0, 0.05) is 22.9 Å². The molecule has 0 atom stereocenters. The molecule has 0 aliphatic rings. The number of aromatic nitrogens is 2. The smallest absolute Gasteiger partial charge is 0.226 e. The molecule has 6 nitrogen and oxygen atoms in total. The van der Waals surface area contributed by atoms with Crippen LogP contribution in [0.25, 0.3) is 11.5 Å². The number of hydrogen-bond acceptors (Lipinski definition) is 5. The highest BCUT2D eigenvalue weighted by atomic mass is 127. The number of thiazole rings is 1. The molecule has 0 saturated heterocycles. The van der Waals surface area contributed by atoms with E-state index >= 15 is 0 Å². The van der Waals surface area contributed by atoms with Gasteiger partial charge in [0.2, 0.25) is 5.89 Å². The standard InChI is InChI=1S/C22H29N5OS.HI/c1-6-23-21(25-12-19-27-18(14-29-19)22(3,4)5)24-11-17-13-28-20(26-17)16-9-7-15(2)8-10-16;/h7-10,13-14H,6,11-12H2,1-5H3,(H2,23,24,25);1H. The van der Waals surface area contributed by atoms with Crippen LogP contribution in [0.5, 0.6) is 0 Å². The maximum Gasteiger partial charge on any atom is 0.226 e. The Bertz CT molecular complexity index is 957. The second-order valence-electron chi connectivity index (χ2n) is 7.94. The summed E-state index contributed by atoms with van der Waals surface area (Å²) in [5, 5.41) is 9.78. The molecule has 2 heterocycles. The van der Waals surface area contributed by atoms with Crippen molar-refractivity contribution in [2.75, 3.05) is 6.54 Å². The molecule has 2 N–H and O–H groups in total. The van der Waals surface area contributed by atoms with E-state index in [1.165, 1.54) is 5.56 Å². The number of guanidine groups is 1. The van der Waals surface area contributed by atoms with Crippen molar-refractivity contribution >= 4 is 41.3 Å². The van der Waals surface area contributed by atoms with E-state index in [1.807, 2.05) is 31.2 Å². The van der Waals surface area contributed by atoms with Crippen molar-refractivity contribution < 1.29 is 4.42 Å². The van der Waals surface area contributed by atoms with E-state index in [2.05, 4.69) is 53.7 Å². The average Bonchev–Trinajstić information content (AvgIpc) is 3.34. The predicted octanol–water partition coefficient (Wildman–Crippen LogP) is 5.28. The molecule has 30 heavy (non-hydrogen) atoms. The summed E-state index contributed by atoms with van der Waals surface area (Å²) in [7, 11) is 0. The number of halogens is 1. The minimum absolute atomic E-state index is 0. The molecule has 8 heteroatoms. The first-order valence-electron chi connectivity index (χ1n) is 9.83. The summed E-state index contributed by atoms with van der Waals surface area (Å²) in [6.07, 6.45) is 1.67. The highest BCUT2D eigenvalue weighted by molar-refractivity contribution is 14.0. The summed E-state index contributed by atoms with van der Waals surface area (Å²) in [6, 6.07) is 8.13. The maximum absolute atomic E-state index is 5.62. The Balaban J connectivity index is 0.00000320. The molecule has 1 aromatic carbocycles. The predicted molar refractivity (Wildman–Crippen MR) is 135 cm³/mol. The van der Waals surface area contributed by atoms with Crippen LogP contribution in [0.15, 0.2) is 45.3 Å². The molecular formula is C22H30IN5OS. The Morgan fingerprint density at radius 3 is 2.50 bits per heavy atom. The number of benzene rings is 1. The van der Waals surface area contributed by atoms with E-state index < -0.39 is 0 Å². The lowest BCUT2D eigenvalue weighted by atomic mass is 9.93. The molecule has 0 amide bonds. The summed E-state index contributed by atoms with van der Waals surface area (Å²) < 4.78 is 5.62. The zero-order chi connectivity index (χ0) is 20.9. The third kappa shape index (κ3) is 6.80. The fourth-order valence-electron chi connectivity index (χ4n) is 2.61. The van der Waals surface area contributed by atoms with Gasteiger partial charge in [0.15, 0.2) is 5.96 Å². The molecule has 0 unspecified atom stereocenters. The SMILES string of the molecule is CCNC(=NCc1coc(-c2ccc(C)cc2)n1)NCc1nc(C(C)(C)C)cs1.I. The van der Waals surface area contributed by atoms with E-state index in [-0.39, 0.29) is 29.4 Å². The molecule has 0 saturated carbocycles. The highest BCUT2D eigenvalue weighted by Gasteiger charge is 2.17. The molecule has 0 fully saturated rings. The molecule has 0 aliphatic heterocycles. The van der Waals surface area contributed by atoms with Gasteiger partial charge in [0.1, 0.15) is 17.0 Å². The van der Waals surface area contributed by atoms with Crippen LogP contribution in [0, 0.1) is 6.92 Å². The van der Waals surface area contributed by atoms with E-state index in [0.717, 1.165) is 34.5 Å². The van der Waals surface area contributed by atoms with Gasteiger partial charge in [-0.2, -0.15) is 0 Å². The number of nitrogens with zero attached hydrogens (tertiary/aromatic N) is 3. The lowest BCUT2D eigenvalue weighted by molar-refractivity contribution is 0.570. The van der Waals surface area contributed by atoms with Crippen molar-refractivity contribution in [2.24, 2.45) is 4.99 Å². The first-order valence-corrected chi connectivity index (χ1v) is 10.7. The number of rotatable bonds is 6. The fourth-order valence-corrected chi connectivity index (χ4v) is 3.57. The zero-order valence-corrected chi connectivity index (χ0v) is 21.3. The largest absolute Gasteiger partial charge is 0.444 e. The summed E-state index contributed by atoms with van der Waals surface area (Å²) in [6.45, 7) is 12.5. The average molecular weight is 539 g/mol. The van der Waals surface area contributed by atoms with Crippen LogP contribution in [0.3, 0.4) is 0 Å². The van der Waals surface area contributed by atoms with Crippen LogP contribution in [0.2, 0.25) is 0 Å². The number of aliphatic imine (C=N–C) groups is 1. The molecule has 0 spiro atoms. The number of oxazole rings is 1. The molecule has 0 aliphatic carbocycles. The van der Waals surface area contributed by atoms with Gasteiger partial charge in [0.05, 0.1) is 18.8 Å². The molecule has 0 bridgehead atoms. The van der Waals surface area contributed by atoms with E-state index in [1.54, 1.807) is 17.6 Å².